The second-order valence-electron chi connectivity index (χ2n) is 8.37. The molecule has 8 nitrogen and oxygen atoms in total. The Kier molecular flexibility index (Phi) is 7.18. The molecule has 0 atom stereocenters. The number of amides is 2. The summed E-state index contributed by atoms with van der Waals surface area (Å²) in [5.74, 6) is 0.0599. The van der Waals surface area contributed by atoms with Crippen LogP contribution < -0.4 is 15.0 Å². The van der Waals surface area contributed by atoms with Crippen molar-refractivity contribution in [3.8, 4) is 5.75 Å². The first-order valence-corrected chi connectivity index (χ1v) is 12.6. The number of carbonyl (C=O) groups excluding carboxylic acids is 2. The highest BCUT2D eigenvalue weighted by Crippen LogP contribution is 2.35. The SMILES string of the molecule is CN(C)S(=O)(=O)c1ccc(C(=O)Nc2ccc3c(c2)N(CCCc2ccccc2)C(=O)CO3)cc1. The second kappa shape index (κ2) is 10.3. The lowest BCUT2D eigenvalue weighted by molar-refractivity contribution is -0.121. The van der Waals surface area contributed by atoms with Crippen molar-refractivity contribution in [3.05, 3.63) is 83.9 Å². The van der Waals surface area contributed by atoms with Gasteiger partial charge in [0, 0.05) is 31.9 Å². The third-order valence-electron chi connectivity index (χ3n) is 5.74. The topological polar surface area (TPSA) is 96.0 Å². The summed E-state index contributed by atoms with van der Waals surface area (Å²) < 4.78 is 31.2. The van der Waals surface area contributed by atoms with Crippen LogP contribution in [0.5, 0.6) is 5.75 Å². The van der Waals surface area contributed by atoms with Crippen LogP contribution in [0.4, 0.5) is 11.4 Å². The quantitative estimate of drug-likeness (QED) is 0.518. The highest BCUT2D eigenvalue weighted by molar-refractivity contribution is 7.89. The van der Waals surface area contributed by atoms with Crippen LogP contribution in [-0.2, 0) is 21.2 Å². The highest BCUT2D eigenvalue weighted by Gasteiger charge is 2.26. The van der Waals surface area contributed by atoms with Crippen molar-refractivity contribution in [2.45, 2.75) is 17.7 Å². The summed E-state index contributed by atoms with van der Waals surface area (Å²) in [5.41, 5.74) is 2.64. The predicted octanol–water partition coefficient (Wildman–Crippen LogP) is 3.55. The minimum Gasteiger partial charge on any atom is -0.482 e. The number of nitrogens with one attached hydrogen (secondary N) is 1. The molecule has 2 amide bonds. The van der Waals surface area contributed by atoms with E-state index in [0.29, 0.717) is 29.2 Å². The van der Waals surface area contributed by atoms with Crippen molar-refractivity contribution in [2.75, 3.05) is 37.5 Å². The Hall–Kier alpha value is -3.69. The smallest absolute Gasteiger partial charge is 0.265 e. The Balaban J connectivity index is 1.47. The number of benzene rings is 3. The maximum Gasteiger partial charge on any atom is 0.265 e. The molecule has 3 aromatic rings. The molecule has 1 aliphatic heterocycles. The van der Waals surface area contributed by atoms with Gasteiger partial charge in [-0.1, -0.05) is 30.3 Å². The molecular weight excluding hydrogens is 466 g/mol. The van der Waals surface area contributed by atoms with Gasteiger partial charge >= 0.3 is 0 Å². The molecule has 0 unspecified atom stereocenters. The third kappa shape index (κ3) is 5.52. The predicted molar refractivity (Wildman–Crippen MR) is 134 cm³/mol. The van der Waals surface area contributed by atoms with Gasteiger partial charge in [-0.2, -0.15) is 0 Å². The summed E-state index contributed by atoms with van der Waals surface area (Å²) >= 11 is 0. The number of ether oxygens (including phenoxy) is 1. The summed E-state index contributed by atoms with van der Waals surface area (Å²) in [6, 6.07) is 21.0. The number of rotatable bonds is 8. The van der Waals surface area contributed by atoms with E-state index in [9.17, 15) is 18.0 Å². The van der Waals surface area contributed by atoms with Crippen molar-refractivity contribution >= 4 is 33.2 Å². The molecule has 1 N–H and O–H groups in total. The molecule has 1 aliphatic rings. The lowest BCUT2D eigenvalue weighted by atomic mass is 10.1. The van der Waals surface area contributed by atoms with Crippen LogP contribution in [0.25, 0.3) is 0 Å². The number of carbonyl (C=O) groups is 2. The molecule has 35 heavy (non-hydrogen) atoms. The van der Waals surface area contributed by atoms with Gasteiger partial charge in [-0.15, -0.1) is 0 Å². The number of hydrogen-bond donors (Lipinski definition) is 1. The maximum absolute atomic E-state index is 12.8. The molecule has 0 bridgehead atoms. The fourth-order valence-corrected chi connectivity index (χ4v) is 4.71. The van der Waals surface area contributed by atoms with Gasteiger partial charge in [0.1, 0.15) is 5.75 Å². The first-order valence-electron chi connectivity index (χ1n) is 11.2. The molecule has 0 fully saturated rings. The number of anilines is 2. The molecule has 0 aromatic heterocycles. The second-order valence-corrected chi connectivity index (χ2v) is 10.5. The van der Waals surface area contributed by atoms with Gasteiger partial charge in [-0.05, 0) is 60.9 Å². The first-order chi connectivity index (χ1) is 16.8. The largest absolute Gasteiger partial charge is 0.482 e. The summed E-state index contributed by atoms with van der Waals surface area (Å²) in [4.78, 5) is 27.1. The monoisotopic (exact) mass is 493 g/mol. The lowest BCUT2D eigenvalue weighted by Gasteiger charge is -2.30. The summed E-state index contributed by atoms with van der Waals surface area (Å²) in [5, 5.41) is 2.81. The molecule has 1 heterocycles. The van der Waals surface area contributed by atoms with Crippen LogP contribution >= 0.6 is 0 Å². The van der Waals surface area contributed by atoms with Crippen LogP contribution in [0, 0.1) is 0 Å². The Labute approximate surface area is 205 Å². The van der Waals surface area contributed by atoms with Gasteiger partial charge in [0.05, 0.1) is 10.6 Å². The fraction of sp³-hybridized carbons (Fsp3) is 0.231. The summed E-state index contributed by atoms with van der Waals surface area (Å²) in [7, 11) is -0.675. The fourth-order valence-electron chi connectivity index (χ4n) is 3.80. The Morgan fingerprint density at radius 3 is 2.43 bits per heavy atom. The Bertz CT molecular complexity index is 1320. The van der Waals surface area contributed by atoms with E-state index < -0.39 is 15.9 Å². The molecule has 0 aliphatic carbocycles. The van der Waals surface area contributed by atoms with Gasteiger partial charge in [-0.3, -0.25) is 9.59 Å². The normalized spacial score (nSPS) is 13.3. The number of sulfonamides is 1. The minimum atomic E-state index is -3.58. The zero-order valence-electron chi connectivity index (χ0n) is 19.6. The lowest BCUT2D eigenvalue weighted by Crippen LogP contribution is -2.39. The number of nitrogens with zero attached hydrogens (tertiary/aromatic N) is 2. The zero-order valence-corrected chi connectivity index (χ0v) is 20.4. The molecule has 0 saturated heterocycles. The highest BCUT2D eigenvalue weighted by atomic mass is 32.2. The van der Waals surface area contributed by atoms with Gasteiger partial charge in [0.2, 0.25) is 10.0 Å². The molecule has 0 radical (unpaired) electrons. The van der Waals surface area contributed by atoms with Crippen LogP contribution in [0.2, 0.25) is 0 Å². The van der Waals surface area contributed by atoms with Gasteiger partial charge in [-0.25, -0.2) is 12.7 Å². The molecule has 0 spiro atoms. The van der Waals surface area contributed by atoms with Gasteiger partial charge < -0.3 is 15.0 Å². The average Bonchev–Trinajstić information content (AvgIpc) is 2.86. The van der Waals surface area contributed by atoms with Crippen LogP contribution in [0.1, 0.15) is 22.3 Å². The van der Waals surface area contributed by atoms with E-state index in [1.807, 2.05) is 18.2 Å². The van der Waals surface area contributed by atoms with E-state index >= 15 is 0 Å². The zero-order chi connectivity index (χ0) is 25.0. The van der Waals surface area contributed by atoms with Crippen LogP contribution in [0.3, 0.4) is 0 Å². The van der Waals surface area contributed by atoms with Crippen molar-refractivity contribution in [2.24, 2.45) is 0 Å². The van der Waals surface area contributed by atoms with E-state index in [2.05, 4.69) is 17.4 Å². The number of fused-ring (bicyclic) bond motifs is 1. The standard InChI is InChI=1S/C26H27N3O5S/c1-28(2)35(32,33)22-13-10-20(11-14-22)26(31)27-21-12-15-24-23(17-21)29(25(30)18-34-24)16-6-9-19-7-4-3-5-8-19/h3-5,7-8,10-15,17H,6,9,16,18H2,1-2H3,(H,27,31). The summed E-state index contributed by atoms with van der Waals surface area (Å²) in [6.07, 6.45) is 1.63. The van der Waals surface area contributed by atoms with E-state index in [1.54, 1.807) is 23.1 Å². The minimum absolute atomic E-state index is 0.0216. The Morgan fingerprint density at radius 1 is 1.03 bits per heavy atom. The number of hydrogen-bond acceptors (Lipinski definition) is 5. The van der Waals surface area contributed by atoms with E-state index in [0.717, 1.165) is 17.1 Å². The molecule has 0 saturated carbocycles. The summed E-state index contributed by atoms with van der Waals surface area (Å²) in [6.45, 7) is 0.509. The average molecular weight is 494 g/mol. The van der Waals surface area contributed by atoms with E-state index in [1.165, 1.54) is 43.9 Å². The first kappa shape index (κ1) is 24.4. The van der Waals surface area contributed by atoms with Gasteiger partial charge in [0.15, 0.2) is 6.61 Å². The molecule has 3 aromatic carbocycles. The molecule has 4 rings (SSSR count). The van der Waals surface area contributed by atoms with Crippen LogP contribution in [-0.4, -0.2) is 51.8 Å². The van der Waals surface area contributed by atoms with Crippen molar-refractivity contribution < 1.29 is 22.7 Å². The van der Waals surface area contributed by atoms with Crippen molar-refractivity contribution in [1.82, 2.24) is 4.31 Å². The van der Waals surface area contributed by atoms with E-state index in [-0.39, 0.29) is 17.4 Å². The van der Waals surface area contributed by atoms with Crippen molar-refractivity contribution in [1.29, 1.82) is 0 Å². The van der Waals surface area contributed by atoms with Crippen molar-refractivity contribution in [3.63, 3.8) is 0 Å². The van der Waals surface area contributed by atoms with E-state index in [4.69, 9.17) is 4.74 Å². The van der Waals surface area contributed by atoms with Crippen LogP contribution in [0.15, 0.2) is 77.7 Å². The maximum atomic E-state index is 12.8. The number of aryl methyl sites for hydroxylation is 1. The molecule has 182 valence electrons. The Morgan fingerprint density at radius 2 is 1.74 bits per heavy atom. The third-order valence-corrected chi connectivity index (χ3v) is 7.57. The van der Waals surface area contributed by atoms with Gasteiger partial charge in [0.25, 0.3) is 11.8 Å². The molecule has 9 heteroatoms. The molecular formula is C26H27N3O5S.